The molecule has 0 aromatic carbocycles. The van der Waals surface area contributed by atoms with Crippen LogP contribution in [-0.2, 0) is 9.53 Å². The summed E-state index contributed by atoms with van der Waals surface area (Å²) in [5, 5.41) is 3.13. The summed E-state index contributed by atoms with van der Waals surface area (Å²) in [5.41, 5.74) is 1.24. The Hall–Kier alpha value is -1.46. The first-order chi connectivity index (χ1) is 11.2. The van der Waals surface area contributed by atoms with Crippen LogP contribution >= 0.6 is 0 Å². The van der Waals surface area contributed by atoms with Crippen LogP contribution in [0.4, 0.5) is 0 Å². The summed E-state index contributed by atoms with van der Waals surface area (Å²) in [6.07, 6.45) is 8.78. The van der Waals surface area contributed by atoms with Crippen LogP contribution in [0.1, 0.15) is 43.7 Å². The molecule has 1 aromatic rings. The van der Waals surface area contributed by atoms with Gasteiger partial charge in [-0.05, 0) is 56.8 Å². The highest BCUT2D eigenvalue weighted by Crippen LogP contribution is 2.35. The van der Waals surface area contributed by atoms with Crippen LogP contribution in [0.25, 0.3) is 0 Å². The maximum Gasteiger partial charge on any atom is 0.222 e. The van der Waals surface area contributed by atoms with E-state index in [-0.39, 0.29) is 12.0 Å². The van der Waals surface area contributed by atoms with Crippen molar-refractivity contribution in [3.05, 3.63) is 30.1 Å². The van der Waals surface area contributed by atoms with E-state index in [1.807, 2.05) is 12.3 Å². The largest absolute Gasteiger partial charge is 0.378 e. The van der Waals surface area contributed by atoms with Crippen molar-refractivity contribution >= 4 is 5.91 Å². The van der Waals surface area contributed by atoms with Gasteiger partial charge in [-0.1, -0.05) is 6.07 Å². The number of nitrogens with one attached hydrogen (secondary N) is 1. The van der Waals surface area contributed by atoms with E-state index < -0.39 is 0 Å². The molecule has 0 bridgehead atoms. The normalized spacial score (nSPS) is 28.7. The van der Waals surface area contributed by atoms with Gasteiger partial charge in [0.2, 0.25) is 5.91 Å². The second-order valence-corrected chi connectivity index (χ2v) is 6.76. The average molecular weight is 317 g/mol. The lowest BCUT2D eigenvalue weighted by molar-refractivity contribution is -0.125. The van der Waals surface area contributed by atoms with Gasteiger partial charge in [-0.2, -0.15) is 0 Å². The fourth-order valence-electron chi connectivity index (χ4n) is 3.81. The van der Waals surface area contributed by atoms with Crippen molar-refractivity contribution in [2.24, 2.45) is 5.92 Å². The van der Waals surface area contributed by atoms with Crippen molar-refractivity contribution in [1.29, 1.82) is 0 Å². The second kappa shape index (κ2) is 7.88. The zero-order valence-electron chi connectivity index (χ0n) is 13.9. The molecule has 3 heterocycles. The SMILES string of the molecule is CN1CC[C@@H](CNC(=O)C[C@H]2CCCCO2)[C@@H]1c1cccnc1. The summed E-state index contributed by atoms with van der Waals surface area (Å²) in [6, 6.07) is 4.46. The van der Waals surface area contributed by atoms with Gasteiger partial charge in [0.1, 0.15) is 0 Å². The molecule has 2 fully saturated rings. The molecular weight excluding hydrogens is 290 g/mol. The summed E-state index contributed by atoms with van der Waals surface area (Å²) in [7, 11) is 2.15. The van der Waals surface area contributed by atoms with Crippen molar-refractivity contribution in [3.63, 3.8) is 0 Å². The minimum Gasteiger partial charge on any atom is -0.378 e. The standard InChI is InChI=1S/C18H27N3O2/c1-21-9-7-15(18(21)14-5-4-8-19-12-14)13-20-17(22)11-16-6-2-3-10-23-16/h4-5,8,12,15-16,18H,2-3,6-7,9-11,13H2,1H3,(H,20,22)/t15-,16+,18-/m0/s1. The molecule has 2 aliphatic rings. The maximum atomic E-state index is 12.2. The molecule has 3 rings (SSSR count). The highest BCUT2D eigenvalue weighted by Gasteiger charge is 2.33. The van der Waals surface area contributed by atoms with E-state index >= 15 is 0 Å². The number of nitrogens with zero attached hydrogens (tertiary/aromatic N) is 2. The Kier molecular flexibility index (Phi) is 5.62. The molecule has 1 N–H and O–H groups in total. The molecule has 3 atom stereocenters. The molecule has 1 amide bonds. The molecule has 0 spiro atoms. The zero-order chi connectivity index (χ0) is 16.1. The smallest absolute Gasteiger partial charge is 0.222 e. The van der Waals surface area contributed by atoms with Gasteiger partial charge in [0.05, 0.1) is 12.5 Å². The van der Waals surface area contributed by atoms with Gasteiger partial charge in [-0.15, -0.1) is 0 Å². The van der Waals surface area contributed by atoms with E-state index in [2.05, 4.69) is 28.3 Å². The number of carbonyl (C=O) groups is 1. The molecule has 23 heavy (non-hydrogen) atoms. The van der Waals surface area contributed by atoms with Gasteiger partial charge in [-0.3, -0.25) is 14.7 Å². The molecule has 0 aliphatic carbocycles. The van der Waals surface area contributed by atoms with E-state index in [1.54, 1.807) is 6.20 Å². The van der Waals surface area contributed by atoms with Crippen LogP contribution < -0.4 is 5.32 Å². The van der Waals surface area contributed by atoms with Gasteiger partial charge >= 0.3 is 0 Å². The average Bonchev–Trinajstić information content (AvgIpc) is 2.95. The number of carbonyl (C=O) groups excluding carboxylic acids is 1. The Bertz CT molecular complexity index is 502. The number of amides is 1. The topological polar surface area (TPSA) is 54.5 Å². The van der Waals surface area contributed by atoms with Crippen molar-refractivity contribution in [3.8, 4) is 0 Å². The minimum absolute atomic E-state index is 0.115. The van der Waals surface area contributed by atoms with Crippen LogP contribution in [0.15, 0.2) is 24.5 Å². The number of hydrogen-bond donors (Lipinski definition) is 1. The molecule has 2 saturated heterocycles. The van der Waals surface area contributed by atoms with Gasteiger partial charge in [0.15, 0.2) is 0 Å². The maximum absolute atomic E-state index is 12.2. The lowest BCUT2D eigenvalue weighted by Gasteiger charge is -2.26. The molecular formula is C18H27N3O2. The van der Waals surface area contributed by atoms with Crippen LogP contribution in [0.3, 0.4) is 0 Å². The summed E-state index contributed by atoms with van der Waals surface area (Å²) in [5.74, 6) is 0.566. The highest BCUT2D eigenvalue weighted by atomic mass is 16.5. The lowest BCUT2D eigenvalue weighted by atomic mass is 9.94. The van der Waals surface area contributed by atoms with Gasteiger partial charge < -0.3 is 10.1 Å². The molecule has 0 saturated carbocycles. The molecule has 5 heteroatoms. The number of likely N-dealkylation sites (tertiary alicyclic amines) is 1. The van der Waals surface area contributed by atoms with E-state index in [9.17, 15) is 4.79 Å². The Morgan fingerprint density at radius 2 is 2.35 bits per heavy atom. The monoisotopic (exact) mass is 317 g/mol. The summed E-state index contributed by atoms with van der Waals surface area (Å²) in [6.45, 7) is 2.59. The summed E-state index contributed by atoms with van der Waals surface area (Å²) >= 11 is 0. The molecule has 126 valence electrons. The molecule has 2 aliphatic heterocycles. The number of ether oxygens (including phenoxy) is 1. The van der Waals surface area contributed by atoms with Crippen molar-refractivity contribution in [2.45, 2.75) is 44.2 Å². The van der Waals surface area contributed by atoms with E-state index in [4.69, 9.17) is 4.74 Å². The first-order valence-corrected chi connectivity index (χ1v) is 8.72. The quantitative estimate of drug-likeness (QED) is 0.904. The molecule has 1 aromatic heterocycles. The summed E-state index contributed by atoms with van der Waals surface area (Å²) < 4.78 is 5.65. The van der Waals surface area contributed by atoms with Gasteiger partial charge in [0.25, 0.3) is 0 Å². The van der Waals surface area contributed by atoms with Gasteiger partial charge in [0, 0.05) is 31.6 Å². The van der Waals surface area contributed by atoms with Crippen molar-refractivity contribution in [2.75, 3.05) is 26.7 Å². The minimum atomic E-state index is 0.115. The van der Waals surface area contributed by atoms with E-state index in [1.165, 1.54) is 12.0 Å². The van der Waals surface area contributed by atoms with Crippen LogP contribution in [-0.4, -0.2) is 48.6 Å². The van der Waals surface area contributed by atoms with Crippen molar-refractivity contribution < 1.29 is 9.53 Å². The first kappa shape index (κ1) is 16.4. The third-order valence-electron chi connectivity index (χ3n) is 5.05. The lowest BCUT2D eigenvalue weighted by Crippen LogP contribution is -2.35. The number of aromatic nitrogens is 1. The highest BCUT2D eigenvalue weighted by molar-refractivity contribution is 5.76. The summed E-state index contributed by atoms with van der Waals surface area (Å²) in [4.78, 5) is 18.8. The van der Waals surface area contributed by atoms with Crippen molar-refractivity contribution in [1.82, 2.24) is 15.2 Å². The number of rotatable bonds is 5. The Morgan fingerprint density at radius 3 is 3.09 bits per heavy atom. The predicted molar refractivity (Wildman–Crippen MR) is 88.9 cm³/mol. The molecule has 0 radical (unpaired) electrons. The van der Waals surface area contributed by atoms with Gasteiger partial charge in [-0.25, -0.2) is 0 Å². The van der Waals surface area contributed by atoms with Crippen LogP contribution in [0, 0.1) is 5.92 Å². The Balaban J connectivity index is 1.51. The number of pyridine rings is 1. The van der Waals surface area contributed by atoms with E-state index in [0.29, 0.717) is 18.4 Å². The van der Waals surface area contributed by atoms with E-state index in [0.717, 1.165) is 39.0 Å². The van der Waals surface area contributed by atoms with Crippen LogP contribution in [0.2, 0.25) is 0 Å². The molecule has 0 unspecified atom stereocenters. The third-order valence-corrected chi connectivity index (χ3v) is 5.05. The second-order valence-electron chi connectivity index (χ2n) is 6.76. The zero-order valence-corrected chi connectivity index (χ0v) is 13.9. The Labute approximate surface area is 138 Å². The molecule has 5 nitrogen and oxygen atoms in total. The third kappa shape index (κ3) is 4.30. The fraction of sp³-hybridized carbons (Fsp3) is 0.667. The van der Waals surface area contributed by atoms with Crippen LogP contribution in [0.5, 0.6) is 0 Å². The fourth-order valence-corrected chi connectivity index (χ4v) is 3.81. The number of hydrogen-bond acceptors (Lipinski definition) is 4. The predicted octanol–water partition coefficient (Wildman–Crippen LogP) is 2.15. The Morgan fingerprint density at radius 1 is 1.43 bits per heavy atom. The first-order valence-electron chi connectivity index (χ1n) is 8.72.